The summed E-state index contributed by atoms with van der Waals surface area (Å²) in [5, 5.41) is 1.00. The second-order valence-electron chi connectivity index (χ2n) is 5.07. The lowest BCUT2D eigenvalue weighted by Crippen LogP contribution is -2.41. The van der Waals surface area contributed by atoms with Crippen LogP contribution in [0.2, 0.25) is 10.0 Å². The third kappa shape index (κ3) is 4.03. The molecular formula is C15H19Cl2NO2. The molecule has 5 heteroatoms. The van der Waals surface area contributed by atoms with Crippen LogP contribution in [0.15, 0.2) is 18.2 Å². The number of carbonyl (C=O) groups is 1. The maximum atomic E-state index is 12.4. The second kappa shape index (κ2) is 7.19. The summed E-state index contributed by atoms with van der Waals surface area (Å²) >= 11 is 12.0. The largest absolute Gasteiger partial charge is 0.479 e. The quantitative estimate of drug-likeness (QED) is 0.838. The Labute approximate surface area is 129 Å². The minimum Gasteiger partial charge on any atom is -0.479 e. The monoisotopic (exact) mass is 315 g/mol. The Balaban J connectivity index is 2.01. The van der Waals surface area contributed by atoms with Crippen LogP contribution < -0.4 is 4.74 Å². The fourth-order valence-electron chi connectivity index (χ4n) is 2.36. The Bertz CT molecular complexity index is 471. The van der Waals surface area contributed by atoms with Crippen LogP contribution in [0.1, 0.15) is 32.6 Å². The molecule has 1 amide bonds. The minimum atomic E-state index is -0.552. The molecule has 110 valence electrons. The zero-order valence-electron chi connectivity index (χ0n) is 11.6. The molecule has 0 aromatic heterocycles. The van der Waals surface area contributed by atoms with E-state index in [0.717, 1.165) is 25.9 Å². The SMILES string of the molecule is CC(Oc1cc(Cl)ccc1Cl)C(=O)N1CCCCCC1. The van der Waals surface area contributed by atoms with Crippen LogP contribution in [-0.2, 0) is 4.79 Å². The number of hydrogen-bond donors (Lipinski definition) is 0. The molecule has 1 atom stereocenters. The van der Waals surface area contributed by atoms with Crippen molar-refractivity contribution < 1.29 is 9.53 Å². The van der Waals surface area contributed by atoms with Crippen molar-refractivity contribution in [3.8, 4) is 5.75 Å². The lowest BCUT2D eigenvalue weighted by molar-refractivity contribution is -0.137. The molecule has 0 bridgehead atoms. The van der Waals surface area contributed by atoms with Crippen molar-refractivity contribution in [2.75, 3.05) is 13.1 Å². The highest BCUT2D eigenvalue weighted by Gasteiger charge is 2.23. The van der Waals surface area contributed by atoms with E-state index in [0.29, 0.717) is 15.8 Å². The van der Waals surface area contributed by atoms with Gasteiger partial charge in [0, 0.05) is 24.2 Å². The van der Waals surface area contributed by atoms with Gasteiger partial charge in [-0.2, -0.15) is 0 Å². The van der Waals surface area contributed by atoms with Crippen LogP contribution in [0.5, 0.6) is 5.75 Å². The molecule has 3 nitrogen and oxygen atoms in total. The predicted molar refractivity (Wildman–Crippen MR) is 81.6 cm³/mol. The van der Waals surface area contributed by atoms with E-state index >= 15 is 0 Å². The van der Waals surface area contributed by atoms with Gasteiger partial charge >= 0.3 is 0 Å². The number of carbonyl (C=O) groups excluding carboxylic acids is 1. The van der Waals surface area contributed by atoms with Gasteiger partial charge in [-0.15, -0.1) is 0 Å². The summed E-state index contributed by atoms with van der Waals surface area (Å²) in [6.07, 6.45) is 3.97. The van der Waals surface area contributed by atoms with Crippen molar-refractivity contribution in [3.05, 3.63) is 28.2 Å². The van der Waals surface area contributed by atoms with Gasteiger partial charge in [0.25, 0.3) is 5.91 Å². The third-order valence-electron chi connectivity index (χ3n) is 3.46. The molecule has 0 spiro atoms. The molecule has 1 aromatic carbocycles. The smallest absolute Gasteiger partial charge is 0.263 e. The lowest BCUT2D eigenvalue weighted by atomic mass is 10.2. The van der Waals surface area contributed by atoms with Crippen LogP contribution in [0.25, 0.3) is 0 Å². The van der Waals surface area contributed by atoms with Gasteiger partial charge in [-0.3, -0.25) is 4.79 Å². The number of rotatable bonds is 3. The van der Waals surface area contributed by atoms with Crippen molar-refractivity contribution in [2.45, 2.75) is 38.7 Å². The van der Waals surface area contributed by atoms with Crippen LogP contribution in [0.3, 0.4) is 0 Å². The van der Waals surface area contributed by atoms with Crippen molar-refractivity contribution in [3.63, 3.8) is 0 Å². The fourth-order valence-corrected chi connectivity index (χ4v) is 2.68. The number of amides is 1. The minimum absolute atomic E-state index is 0.0166. The standard InChI is InChI=1S/C15H19Cl2NO2/c1-11(15(19)18-8-4-2-3-5-9-18)20-14-10-12(16)6-7-13(14)17/h6-7,10-11H,2-5,8-9H2,1H3. The summed E-state index contributed by atoms with van der Waals surface area (Å²) < 4.78 is 5.67. The van der Waals surface area contributed by atoms with Crippen LogP contribution in [-0.4, -0.2) is 30.0 Å². The zero-order chi connectivity index (χ0) is 14.5. The molecule has 2 rings (SSSR count). The second-order valence-corrected chi connectivity index (χ2v) is 5.92. The summed E-state index contributed by atoms with van der Waals surface area (Å²) in [6.45, 7) is 3.39. The highest BCUT2D eigenvalue weighted by molar-refractivity contribution is 6.34. The van der Waals surface area contributed by atoms with E-state index in [4.69, 9.17) is 27.9 Å². The highest BCUT2D eigenvalue weighted by Crippen LogP contribution is 2.28. The van der Waals surface area contributed by atoms with Gasteiger partial charge in [0.2, 0.25) is 0 Å². The number of benzene rings is 1. The van der Waals surface area contributed by atoms with Gasteiger partial charge in [-0.25, -0.2) is 0 Å². The van der Waals surface area contributed by atoms with E-state index in [1.165, 1.54) is 12.8 Å². The Morgan fingerprint density at radius 1 is 1.20 bits per heavy atom. The van der Waals surface area contributed by atoms with Crippen molar-refractivity contribution in [1.29, 1.82) is 0 Å². The van der Waals surface area contributed by atoms with E-state index in [-0.39, 0.29) is 5.91 Å². The van der Waals surface area contributed by atoms with E-state index in [1.54, 1.807) is 25.1 Å². The first-order valence-corrected chi connectivity index (χ1v) is 7.74. The zero-order valence-corrected chi connectivity index (χ0v) is 13.1. The number of hydrogen-bond acceptors (Lipinski definition) is 2. The van der Waals surface area contributed by atoms with E-state index in [9.17, 15) is 4.79 Å². The number of ether oxygens (including phenoxy) is 1. The summed E-state index contributed by atoms with van der Waals surface area (Å²) in [5.74, 6) is 0.470. The van der Waals surface area contributed by atoms with Gasteiger partial charge in [0.1, 0.15) is 5.75 Å². The van der Waals surface area contributed by atoms with Crippen molar-refractivity contribution >= 4 is 29.1 Å². The van der Waals surface area contributed by atoms with Crippen LogP contribution in [0, 0.1) is 0 Å². The lowest BCUT2D eigenvalue weighted by Gasteiger charge is -2.24. The van der Waals surface area contributed by atoms with Gasteiger partial charge < -0.3 is 9.64 Å². The Morgan fingerprint density at radius 2 is 1.85 bits per heavy atom. The maximum Gasteiger partial charge on any atom is 0.263 e. The van der Waals surface area contributed by atoms with E-state index in [1.807, 2.05) is 4.90 Å². The number of nitrogens with zero attached hydrogens (tertiary/aromatic N) is 1. The number of likely N-dealkylation sites (tertiary alicyclic amines) is 1. The molecule has 0 aliphatic carbocycles. The molecule has 1 fully saturated rings. The van der Waals surface area contributed by atoms with Gasteiger partial charge in [-0.1, -0.05) is 36.0 Å². The first-order chi connectivity index (χ1) is 9.58. The molecule has 20 heavy (non-hydrogen) atoms. The molecule has 1 aliphatic heterocycles. The highest BCUT2D eigenvalue weighted by atomic mass is 35.5. The average molecular weight is 316 g/mol. The molecule has 1 unspecified atom stereocenters. The topological polar surface area (TPSA) is 29.5 Å². The van der Waals surface area contributed by atoms with Gasteiger partial charge in [0.05, 0.1) is 5.02 Å². The van der Waals surface area contributed by atoms with E-state index < -0.39 is 6.10 Å². The summed E-state index contributed by atoms with van der Waals surface area (Å²) in [5.41, 5.74) is 0. The summed E-state index contributed by atoms with van der Waals surface area (Å²) in [7, 11) is 0. The normalized spacial score (nSPS) is 17.4. The summed E-state index contributed by atoms with van der Waals surface area (Å²) in [6, 6.07) is 5.00. The predicted octanol–water partition coefficient (Wildman–Crippen LogP) is 4.16. The first kappa shape index (κ1) is 15.5. The van der Waals surface area contributed by atoms with Gasteiger partial charge in [0.15, 0.2) is 6.10 Å². The molecule has 1 heterocycles. The third-order valence-corrected chi connectivity index (χ3v) is 4.01. The molecule has 1 aliphatic rings. The Kier molecular flexibility index (Phi) is 5.55. The maximum absolute atomic E-state index is 12.4. The molecule has 1 saturated heterocycles. The average Bonchev–Trinajstić information content (AvgIpc) is 2.71. The Morgan fingerprint density at radius 3 is 2.50 bits per heavy atom. The summed E-state index contributed by atoms with van der Waals surface area (Å²) in [4.78, 5) is 14.3. The van der Waals surface area contributed by atoms with Crippen molar-refractivity contribution in [2.24, 2.45) is 0 Å². The fraction of sp³-hybridized carbons (Fsp3) is 0.533. The van der Waals surface area contributed by atoms with Crippen LogP contribution >= 0.6 is 23.2 Å². The number of halogens is 2. The van der Waals surface area contributed by atoms with Gasteiger partial charge in [-0.05, 0) is 31.9 Å². The van der Waals surface area contributed by atoms with Crippen LogP contribution in [0.4, 0.5) is 0 Å². The van der Waals surface area contributed by atoms with Crippen molar-refractivity contribution in [1.82, 2.24) is 4.90 Å². The molecule has 0 saturated carbocycles. The Hall–Kier alpha value is -0.930. The molecule has 1 aromatic rings. The first-order valence-electron chi connectivity index (χ1n) is 6.98. The molecular weight excluding hydrogens is 297 g/mol. The molecule has 0 radical (unpaired) electrons. The molecule has 0 N–H and O–H groups in total. The van der Waals surface area contributed by atoms with E-state index in [2.05, 4.69) is 0 Å².